The summed E-state index contributed by atoms with van der Waals surface area (Å²) in [4.78, 5) is 22.4. The quantitative estimate of drug-likeness (QED) is 0.649. The number of methoxy groups -OCH3 is 1. The summed E-state index contributed by atoms with van der Waals surface area (Å²) >= 11 is 11.7. The van der Waals surface area contributed by atoms with Gasteiger partial charge in [-0.3, -0.25) is 4.79 Å². The second-order valence-corrected chi connectivity index (χ2v) is 6.57. The number of pyridine rings is 1. The summed E-state index contributed by atoms with van der Waals surface area (Å²) in [5.41, 5.74) is -2.07. The van der Waals surface area contributed by atoms with E-state index in [2.05, 4.69) is 15.0 Å². The van der Waals surface area contributed by atoms with Gasteiger partial charge in [0, 0.05) is 24.2 Å². The first-order chi connectivity index (χ1) is 13.2. The van der Waals surface area contributed by atoms with Gasteiger partial charge in [-0.15, -0.1) is 0 Å². The highest BCUT2D eigenvalue weighted by Crippen LogP contribution is 2.32. The van der Waals surface area contributed by atoms with Gasteiger partial charge >= 0.3 is 6.18 Å². The average molecular weight is 430 g/mol. The normalized spacial score (nSPS) is 11.5. The number of aromatic nitrogens is 3. The average Bonchev–Trinajstić information content (AvgIpc) is 2.65. The molecule has 0 aliphatic carbocycles. The van der Waals surface area contributed by atoms with Gasteiger partial charge in [0.15, 0.2) is 5.69 Å². The van der Waals surface area contributed by atoms with Gasteiger partial charge in [-0.05, 0) is 23.8 Å². The molecule has 1 aromatic carbocycles. The van der Waals surface area contributed by atoms with Crippen LogP contribution in [0.15, 0.2) is 41.3 Å². The second kappa shape index (κ2) is 7.81. The Morgan fingerprint density at radius 2 is 1.89 bits per heavy atom. The smallest absolute Gasteiger partial charge is 0.433 e. The number of alkyl halides is 3. The number of halogens is 5. The molecule has 1 N–H and O–H groups in total. The Morgan fingerprint density at radius 3 is 2.54 bits per heavy atom. The minimum absolute atomic E-state index is 0.175. The number of rotatable bonds is 4. The van der Waals surface area contributed by atoms with E-state index in [0.29, 0.717) is 5.56 Å². The van der Waals surface area contributed by atoms with E-state index < -0.39 is 23.0 Å². The van der Waals surface area contributed by atoms with Crippen molar-refractivity contribution in [2.75, 3.05) is 7.11 Å². The predicted octanol–water partition coefficient (Wildman–Crippen LogP) is 4.76. The van der Waals surface area contributed by atoms with Gasteiger partial charge < -0.3 is 9.72 Å². The molecule has 0 unspecified atom stereocenters. The number of aromatic amines is 1. The lowest BCUT2D eigenvalue weighted by Crippen LogP contribution is -2.24. The fraction of sp³-hybridized carbons (Fsp3) is 0.167. The molecule has 3 rings (SSSR count). The third-order valence-corrected chi connectivity index (χ3v) is 4.61. The number of H-pyrrole nitrogens is 1. The molecule has 0 spiro atoms. The van der Waals surface area contributed by atoms with Crippen LogP contribution in [-0.4, -0.2) is 22.1 Å². The number of hydrogen-bond acceptors (Lipinski definition) is 4. The molecule has 0 aliphatic rings. The highest BCUT2D eigenvalue weighted by molar-refractivity contribution is 6.42. The van der Waals surface area contributed by atoms with Crippen LogP contribution in [0.5, 0.6) is 5.88 Å². The maximum absolute atomic E-state index is 13.6. The van der Waals surface area contributed by atoms with Gasteiger partial charge in [-0.1, -0.05) is 29.3 Å². The first kappa shape index (κ1) is 20.2. The van der Waals surface area contributed by atoms with Crippen LogP contribution in [0, 0.1) is 0 Å². The van der Waals surface area contributed by atoms with E-state index in [0.717, 1.165) is 0 Å². The summed E-state index contributed by atoms with van der Waals surface area (Å²) in [6.07, 6.45) is -3.80. The van der Waals surface area contributed by atoms with Crippen LogP contribution >= 0.6 is 23.2 Å². The maximum atomic E-state index is 13.6. The lowest BCUT2D eigenvalue weighted by atomic mass is 10.0. The molecular weight excluding hydrogens is 418 g/mol. The summed E-state index contributed by atoms with van der Waals surface area (Å²) < 4.78 is 45.8. The van der Waals surface area contributed by atoms with Crippen LogP contribution in [0.4, 0.5) is 13.2 Å². The summed E-state index contributed by atoms with van der Waals surface area (Å²) in [7, 11) is 1.36. The molecule has 0 amide bonds. The molecule has 0 fully saturated rings. The monoisotopic (exact) mass is 429 g/mol. The Hall–Kier alpha value is -2.58. The van der Waals surface area contributed by atoms with E-state index in [1.54, 1.807) is 0 Å². The minimum atomic E-state index is -4.83. The van der Waals surface area contributed by atoms with Crippen LogP contribution in [0.1, 0.15) is 16.8 Å². The first-order valence-electron chi connectivity index (χ1n) is 7.83. The van der Waals surface area contributed by atoms with E-state index in [1.165, 1.54) is 43.6 Å². The molecule has 2 heterocycles. The van der Waals surface area contributed by atoms with E-state index in [9.17, 15) is 18.0 Å². The molecule has 0 bridgehead atoms. The largest absolute Gasteiger partial charge is 0.481 e. The molecular formula is C18H12Cl2F3N3O2. The Kier molecular flexibility index (Phi) is 5.62. The Balaban J connectivity index is 2.12. The van der Waals surface area contributed by atoms with E-state index in [4.69, 9.17) is 27.9 Å². The standard InChI is InChI=1S/C18H12Cl2F3N3O2/c1-28-14-8-10(4-5-24-14)16-25-15(18(21,22)23)11(17(27)26-16)6-9-2-3-12(19)13(20)7-9/h2-5,7-8H,6H2,1H3,(H,25,26,27). The summed E-state index contributed by atoms with van der Waals surface area (Å²) in [6, 6.07) is 7.14. The molecule has 0 saturated heterocycles. The maximum Gasteiger partial charge on any atom is 0.433 e. The van der Waals surface area contributed by atoms with E-state index >= 15 is 0 Å². The fourth-order valence-corrected chi connectivity index (χ4v) is 2.88. The van der Waals surface area contributed by atoms with Crippen molar-refractivity contribution in [2.45, 2.75) is 12.6 Å². The van der Waals surface area contributed by atoms with Crippen molar-refractivity contribution in [1.29, 1.82) is 0 Å². The molecule has 28 heavy (non-hydrogen) atoms. The van der Waals surface area contributed by atoms with Crippen LogP contribution < -0.4 is 10.3 Å². The third-order valence-electron chi connectivity index (χ3n) is 3.87. The summed E-state index contributed by atoms with van der Waals surface area (Å²) in [5, 5.41) is 0.438. The van der Waals surface area contributed by atoms with Gasteiger partial charge in [-0.2, -0.15) is 13.2 Å². The van der Waals surface area contributed by atoms with Crippen LogP contribution in [0.25, 0.3) is 11.4 Å². The van der Waals surface area contributed by atoms with Crippen LogP contribution in [-0.2, 0) is 12.6 Å². The third kappa shape index (κ3) is 4.28. The molecule has 5 nitrogen and oxygen atoms in total. The molecule has 0 saturated carbocycles. The van der Waals surface area contributed by atoms with Crippen LogP contribution in [0.3, 0.4) is 0 Å². The Morgan fingerprint density at radius 1 is 1.14 bits per heavy atom. The number of benzene rings is 1. The van der Waals surface area contributed by atoms with Crippen molar-refractivity contribution < 1.29 is 17.9 Å². The SMILES string of the molecule is COc1cc(-c2nc(C(F)(F)F)c(Cc3ccc(Cl)c(Cl)c3)c(=O)[nH]2)ccn1. The highest BCUT2D eigenvalue weighted by atomic mass is 35.5. The van der Waals surface area contributed by atoms with Crippen molar-refractivity contribution in [3.05, 3.63) is 73.7 Å². The first-order valence-corrected chi connectivity index (χ1v) is 8.59. The second-order valence-electron chi connectivity index (χ2n) is 5.75. The molecule has 0 atom stereocenters. The van der Waals surface area contributed by atoms with E-state index in [1.807, 2.05) is 0 Å². The molecule has 3 aromatic rings. The highest BCUT2D eigenvalue weighted by Gasteiger charge is 2.37. The van der Waals surface area contributed by atoms with Crippen molar-refractivity contribution in [3.8, 4) is 17.3 Å². The molecule has 10 heteroatoms. The number of ether oxygens (including phenoxy) is 1. The molecule has 0 radical (unpaired) electrons. The van der Waals surface area contributed by atoms with Gasteiger partial charge in [0.25, 0.3) is 5.56 Å². The number of nitrogens with one attached hydrogen (secondary N) is 1. The molecule has 0 aliphatic heterocycles. The zero-order valence-corrected chi connectivity index (χ0v) is 15.8. The van der Waals surface area contributed by atoms with Crippen molar-refractivity contribution in [2.24, 2.45) is 0 Å². The predicted molar refractivity (Wildman–Crippen MR) is 98.9 cm³/mol. The van der Waals surface area contributed by atoms with Gasteiger partial charge in [0.2, 0.25) is 5.88 Å². The summed E-state index contributed by atoms with van der Waals surface area (Å²) in [6.45, 7) is 0. The minimum Gasteiger partial charge on any atom is -0.481 e. The Labute approximate surface area is 167 Å². The molecule has 2 aromatic heterocycles. The van der Waals surface area contributed by atoms with Crippen molar-refractivity contribution in [3.63, 3.8) is 0 Å². The number of nitrogens with zero attached hydrogens (tertiary/aromatic N) is 2. The van der Waals surface area contributed by atoms with Crippen molar-refractivity contribution in [1.82, 2.24) is 15.0 Å². The van der Waals surface area contributed by atoms with E-state index in [-0.39, 0.29) is 33.7 Å². The van der Waals surface area contributed by atoms with Gasteiger partial charge in [-0.25, -0.2) is 9.97 Å². The topological polar surface area (TPSA) is 67.9 Å². The molecule has 146 valence electrons. The van der Waals surface area contributed by atoms with Gasteiger partial charge in [0.05, 0.1) is 22.7 Å². The van der Waals surface area contributed by atoms with Crippen molar-refractivity contribution >= 4 is 23.2 Å². The zero-order valence-electron chi connectivity index (χ0n) is 14.3. The fourth-order valence-electron chi connectivity index (χ4n) is 2.56. The zero-order chi connectivity index (χ0) is 20.5. The lowest BCUT2D eigenvalue weighted by Gasteiger charge is -2.13. The van der Waals surface area contributed by atoms with Gasteiger partial charge in [0.1, 0.15) is 5.82 Å². The lowest BCUT2D eigenvalue weighted by molar-refractivity contribution is -0.141. The number of hydrogen-bond donors (Lipinski definition) is 1. The summed E-state index contributed by atoms with van der Waals surface area (Å²) in [5.74, 6) is -0.0653. The van der Waals surface area contributed by atoms with Crippen LogP contribution in [0.2, 0.25) is 10.0 Å². The Bertz CT molecular complexity index is 1080.